The highest BCUT2D eigenvalue weighted by molar-refractivity contribution is 5.35. The van der Waals surface area contributed by atoms with Crippen molar-refractivity contribution in [3.63, 3.8) is 0 Å². The summed E-state index contributed by atoms with van der Waals surface area (Å²) in [5, 5.41) is 3.19. The summed E-state index contributed by atoms with van der Waals surface area (Å²) in [6.07, 6.45) is 2.43. The van der Waals surface area contributed by atoms with Crippen molar-refractivity contribution in [1.29, 1.82) is 0 Å². The molecule has 0 aromatic carbocycles. The van der Waals surface area contributed by atoms with Gasteiger partial charge in [0.2, 0.25) is 0 Å². The van der Waals surface area contributed by atoms with Crippen LogP contribution in [0.15, 0.2) is 27.9 Å². The molecule has 2 aromatic rings. The van der Waals surface area contributed by atoms with Gasteiger partial charge in [-0.3, -0.25) is 14.3 Å². The SMILES string of the molecule is CCCNc1cc(C)nc(Cn2ccc(=O)[nH]c2=O)n1. The summed E-state index contributed by atoms with van der Waals surface area (Å²) in [6.45, 7) is 4.99. The Morgan fingerprint density at radius 3 is 2.85 bits per heavy atom. The molecule has 0 bridgehead atoms. The molecule has 20 heavy (non-hydrogen) atoms. The van der Waals surface area contributed by atoms with Crippen molar-refractivity contribution in [3.8, 4) is 0 Å². The number of aromatic nitrogens is 4. The van der Waals surface area contributed by atoms with Gasteiger partial charge in [0.05, 0.1) is 6.54 Å². The van der Waals surface area contributed by atoms with E-state index in [4.69, 9.17) is 0 Å². The Morgan fingerprint density at radius 1 is 1.35 bits per heavy atom. The van der Waals surface area contributed by atoms with Gasteiger partial charge in [-0.25, -0.2) is 14.8 Å². The molecule has 7 heteroatoms. The Bertz CT molecular complexity index is 704. The van der Waals surface area contributed by atoms with Crippen molar-refractivity contribution in [1.82, 2.24) is 19.5 Å². The molecule has 106 valence electrons. The summed E-state index contributed by atoms with van der Waals surface area (Å²) in [5.41, 5.74) is -0.0570. The van der Waals surface area contributed by atoms with Gasteiger partial charge in [0.15, 0.2) is 5.82 Å². The highest BCUT2D eigenvalue weighted by Gasteiger charge is 2.04. The zero-order valence-corrected chi connectivity index (χ0v) is 11.5. The molecule has 0 aliphatic carbocycles. The predicted molar refractivity (Wildman–Crippen MR) is 76.0 cm³/mol. The smallest absolute Gasteiger partial charge is 0.328 e. The molecule has 2 N–H and O–H groups in total. The fourth-order valence-electron chi connectivity index (χ4n) is 1.77. The van der Waals surface area contributed by atoms with E-state index >= 15 is 0 Å². The second-order valence-electron chi connectivity index (χ2n) is 4.48. The van der Waals surface area contributed by atoms with Crippen LogP contribution in [-0.2, 0) is 6.54 Å². The molecule has 2 heterocycles. The number of hydrogen-bond donors (Lipinski definition) is 2. The van der Waals surface area contributed by atoms with Crippen molar-refractivity contribution in [2.24, 2.45) is 0 Å². The van der Waals surface area contributed by atoms with Crippen molar-refractivity contribution in [2.45, 2.75) is 26.8 Å². The highest BCUT2D eigenvalue weighted by Crippen LogP contribution is 2.06. The minimum atomic E-state index is -0.467. The van der Waals surface area contributed by atoms with E-state index < -0.39 is 11.2 Å². The Morgan fingerprint density at radius 2 is 2.15 bits per heavy atom. The normalized spacial score (nSPS) is 10.5. The lowest BCUT2D eigenvalue weighted by Gasteiger charge is -2.08. The van der Waals surface area contributed by atoms with Crippen molar-refractivity contribution in [3.05, 3.63) is 50.7 Å². The maximum atomic E-state index is 11.6. The highest BCUT2D eigenvalue weighted by atomic mass is 16.2. The number of hydrogen-bond acceptors (Lipinski definition) is 5. The van der Waals surface area contributed by atoms with Gasteiger partial charge in [-0.2, -0.15) is 0 Å². The average Bonchev–Trinajstić information content (AvgIpc) is 2.39. The van der Waals surface area contributed by atoms with E-state index in [1.807, 2.05) is 13.0 Å². The lowest BCUT2D eigenvalue weighted by molar-refractivity contribution is 0.683. The van der Waals surface area contributed by atoms with Crippen molar-refractivity contribution < 1.29 is 0 Å². The molecule has 0 aliphatic heterocycles. The van der Waals surface area contributed by atoms with Crippen LogP contribution in [0.4, 0.5) is 5.82 Å². The third kappa shape index (κ3) is 3.53. The van der Waals surface area contributed by atoms with E-state index in [0.29, 0.717) is 5.82 Å². The van der Waals surface area contributed by atoms with E-state index in [0.717, 1.165) is 24.5 Å². The van der Waals surface area contributed by atoms with Gasteiger partial charge in [0.25, 0.3) is 5.56 Å². The first-order valence-electron chi connectivity index (χ1n) is 6.46. The van der Waals surface area contributed by atoms with E-state index in [1.54, 1.807) is 0 Å². The molecule has 2 rings (SSSR count). The third-order valence-electron chi connectivity index (χ3n) is 2.67. The van der Waals surface area contributed by atoms with Gasteiger partial charge in [0.1, 0.15) is 5.82 Å². The summed E-state index contributed by atoms with van der Waals surface area (Å²) in [7, 11) is 0. The molecular weight excluding hydrogens is 258 g/mol. The fraction of sp³-hybridized carbons (Fsp3) is 0.385. The first-order chi connectivity index (χ1) is 9.58. The Kier molecular flexibility index (Phi) is 4.29. The molecule has 0 amide bonds. The predicted octanol–water partition coefficient (Wildman–Crippen LogP) is 0.505. The van der Waals surface area contributed by atoms with Gasteiger partial charge < -0.3 is 5.32 Å². The average molecular weight is 275 g/mol. The number of nitrogens with one attached hydrogen (secondary N) is 2. The van der Waals surface area contributed by atoms with Crippen LogP contribution in [0.1, 0.15) is 24.9 Å². The third-order valence-corrected chi connectivity index (χ3v) is 2.67. The summed E-state index contributed by atoms with van der Waals surface area (Å²) in [6, 6.07) is 3.16. The molecule has 0 spiro atoms. The maximum absolute atomic E-state index is 11.6. The zero-order chi connectivity index (χ0) is 14.5. The van der Waals surface area contributed by atoms with Crippen LogP contribution in [0.5, 0.6) is 0 Å². The lowest BCUT2D eigenvalue weighted by Crippen LogP contribution is -2.29. The van der Waals surface area contributed by atoms with Crippen LogP contribution in [0.3, 0.4) is 0 Å². The van der Waals surface area contributed by atoms with E-state index in [2.05, 4.69) is 27.2 Å². The van der Waals surface area contributed by atoms with E-state index in [9.17, 15) is 9.59 Å². The molecule has 0 saturated heterocycles. The summed E-state index contributed by atoms with van der Waals surface area (Å²) >= 11 is 0. The number of aromatic amines is 1. The summed E-state index contributed by atoms with van der Waals surface area (Å²) in [4.78, 5) is 33.5. The van der Waals surface area contributed by atoms with Crippen LogP contribution < -0.4 is 16.6 Å². The topological polar surface area (TPSA) is 92.7 Å². The number of H-pyrrole nitrogens is 1. The summed E-state index contributed by atoms with van der Waals surface area (Å²) in [5.74, 6) is 1.27. The van der Waals surface area contributed by atoms with Gasteiger partial charge in [-0.15, -0.1) is 0 Å². The molecule has 2 aromatic heterocycles. The Hall–Kier alpha value is -2.44. The van der Waals surface area contributed by atoms with Gasteiger partial charge >= 0.3 is 5.69 Å². The quantitative estimate of drug-likeness (QED) is 0.829. The monoisotopic (exact) mass is 275 g/mol. The van der Waals surface area contributed by atoms with Crippen molar-refractivity contribution in [2.75, 3.05) is 11.9 Å². The number of anilines is 1. The largest absolute Gasteiger partial charge is 0.370 e. The first-order valence-corrected chi connectivity index (χ1v) is 6.46. The summed E-state index contributed by atoms with van der Waals surface area (Å²) < 4.78 is 1.36. The van der Waals surface area contributed by atoms with Crippen LogP contribution in [0, 0.1) is 6.92 Å². The van der Waals surface area contributed by atoms with E-state index in [-0.39, 0.29) is 6.54 Å². The minimum absolute atomic E-state index is 0.220. The second kappa shape index (κ2) is 6.14. The number of aryl methyl sites for hydroxylation is 1. The van der Waals surface area contributed by atoms with Gasteiger partial charge in [-0.1, -0.05) is 6.92 Å². The zero-order valence-electron chi connectivity index (χ0n) is 11.5. The fourth-order valence-corrected chi connectivity index (χ4v) is 1.77. The number of rotatable bonds is 5. The van der Waals surface area contributed by atoms with Crippen LogP contribution in [0.25, 0.3) is 0 Å². The first kappa shape index (κ1) is 14.0. The molecule has 0 radical (unpaired) electrons. The molecule has 0 atom stereocenters. The lowest BCUT2D eigenvalue weighted by atomic mass is 10.4. The Balaban J connectivity index is 2.26. The molecule has 0 saturated carbocycles. The molecular formula is C13H17N5O2. The molecule has 0 unspecified atom stereocenters. The standard InChI is InChI=1S/C13H17N5O2/c1-3-5-14-10-7-9(2)15-11(16-10)8-18-6-4-12(19)17-13(18)20/h4,6-7H,3,5,8H2,1-2H3,(H,14,15,16)(H,17,19,20). The van der Waals surface area contributed by atoms with Gasteiger partial charge in [-0.05, 0) is 13.3 Å². The van der Waals surface area contributed by atoms with Gasteiger partial charge in [0, 0.05) is 30.6 Å². The van der Waals surface area contributed by atoms with Crippen LogP contribution >= 0.6 is 0 Å². The van der Waals surface area contributed by atoms with E-state index in [1.165, 1.54) is 16.8 Å². The molecule has 0 fully saturated rings. The molecule has 7 nitrogen and oxygen atoms in total. The minimum Gasteiger partial charge on any atom is -0.370 e. The van der Waals surface area contributed by atoms with Crippen LogP contribution in [0.2, 0.25) is 0 Å². The molecule has 0 aliphatic rings. The maximum Gasteiger partial charge on any atom is 0.328 e. The number of nitrogens with zero attached hydrogens (tertiary/aromatic N) is 3. The Labute approximate surface area is 115 Å². The second-order valence-corrected chi connectivity index (χ2v) is 4.48. The van der Waals surface area contributed by atoms with Crippen LogP contribution in [-0.4, -0.2) is 26.1 Å². The van der Waals surface area contributed by atoms with Crippen molar-refractivity contribution >= 4 is 5.82 Å².